The van der Waals surface area contributed by atoms with Gasteiger partial charge in [-0.3, -0.25) is 0 Å². The van der Waals surface area contributed by atoms with E-state index >= 15 is 0 Å². The maximum absolute atomic E-state index is 11.7. The number of phenols is 1. The van der Waals surface area contributed by atoms with Gasteiger partial charge in [0.1, 0.15) is 71.6 Å². The van der Waals surface area contributed by atoms with Crippen LogP contribution in [0, 0.1) is 0 Å². The van der Waals surface area contributed by atoms with Crippen LogP contribution in [0.5, 0.6) is 17.2 Å². The first-order valence-electron chi connectivity index (χ1n) is 10.0. The van der Waals surface area contributed by atoms with Gasteiger partial charge in [-0.15, -0.1) is 0 Å². The van der Waals surface area contributed by atoms with Crippen molar-refractivity contribution in [2.45, 2.75) is 61.4 Å². The number of carboxylic acid groups (broad SMARTS) is 1. The number of hydrogen-bond donors (Lipinski definition) is 10. The van der Waals surface area contributed by atoms with Gasteiger partial charge in [0.15, 0.2) is 0 Å². The fraction of sp³-hybridized carbons (Fsp3) is 0.632. The number of ether oxygens (including phenoxy) is 4. The molecule has 0 aromatic heterocycles. The van der Waals surface area contributed by atoms with Crippen molar-refractivity contribution in [1.29, 1.82) is 0 Å². The van der Waals surface area contributed by atoms with Crippen LogP contribution in [-0.2, 0) is 9.47 Å². The summed E-state index contributed by atoms with van der Waals surface area (Å²) < 4.78 is 21.0. The van der Waals surface area contributed by atoms with E-state index < -0.39 is 97.7 Å². The normalized spacial score (nSPS) is 38.4. The summed E-state index contributed by atoms with van der Waals surface area (Å²) in [4.78, 5) is 11.7. The monoisotopic (exact) mass is 494 g/mol. The molecule has 0 radical (unpaired) electrons. The molecule has 0 bridgehead atoms. The van der Waals surface area contributed by atoms with Crippen molar-refractivity contribution < 1.29 is 74.8 Å². The van der Waals surface area contributed by atoms with E-state index in [1.54, 1.807) is 0 Å². The molecule has 2 aliphatic rings. The van der Waals surface area contributed by atoms with Gasteiger partial charge in [-0.2, -0.15) is 0 Å². The van der Waals surface area contributed by atoms with E-state index in [-0.39, 0.29) is 5.75 Å². The molecule has 192 valence electrons. The Morgan fingerprint density at radius 2 is 1.24 bits per heavy atom. The number of aliphatic hydroxyl groups is 8. The largest absolute Gasteiger partial charge is 0.507 e. The SMILES string of the molecule is O=C(O)c1c(O)cc(O[C@@H]2O[C@H](CO)[C@@H](O)[C@H](O)[C@H]2O)cc1O[C@@H]1O[C@H](CO)[C@@H](O)[C@H](O)[C@H]1O. The summed E-state index contributed by atoms with van der Waals surface area (Å²) in [6, 6.07) is 1.71. The number of aliphatic hydroxyl groups excluding tert-OH is 8. The third kappa shape index (κ3) is 5.03. The molecule has 15 heteroatoms. The maximum Gasteiger partial charge on any atom is 0.343 e. The average Bonchev–Trinajstić information content (AvgIpc) is 2.79. The Morgan fingerprint density at radius 3 is 1.68 bits per heavy atom. The molecule has 3 rings (SSSR count). The van der Waals surface area contributed by atoms with Crippen LogP contribution in [0.15, 0.2) is 12.1 Å². The molecule has 0 spiro atoms. The fourth-order valence-electron chi connectivity index (χ4n) is 3.54. The van der Waals surface area contributed by atoms with E-state index in [1.807, 2.05) is 0 Å². The van der Waals surface area contributed by atoms with Gasteiger partial charge in [0.05, 0.1) is 13.2 Å². The molecule has 1 aromatic carbocycles. The first kappa shape index (κ1) is 26.3. The van der Waals surface area contributed by atoms with E-state index in [1.165, 1.54) is 0 Å². The molecule has 2 heterocycles. The summed E-state index contributed by atoms with van der Waals surface area (Å²) in [6.07, 6.45) is -16.8. The molecule has 0 amide bonds. The van der Waals surface area contributed by atoms with Crippen LogP contribution in [-0.4, -0.2) is 132 Å². The predicted octanol–water partition coefficient (Wildman–Crippen LogP) is -4.55. The van der Waals surface area contributed by atoms with Crippen molar-refractivity contribution in [3.05, 3.63) is 17.7 Å². The Balaban J connectivity index is 1.89. The smallest absolute Gasteiger partial charge is 0.343 e. The van der Waals surface area contributed by atoms with Crippen LogP contribution < -0.4 is 9.47 Å². The van der Waals surface area contributed by atoms with Gasteiger partial charge in [0, 0.05) is 12.1 Å². The van der Waals surface area contributed by atoms with E-state index in [2.05, 4.69) is 0 Å². The van der Waals surface area contributed by atoms with Crippen LogP contribution >= 0.6 is 0 Å². The highest BCUT2D eigenvalue weighted by Gasteiger charge is 2.46. The van der Waals surface area contributed by atoms with Crippen LogP contribution in [0.1, 0.15) is 10.4 Å². The highest BCUT2D eigenvalue weighted by Crippen LogP contribution is 2.37. The zero-order valence-corrected chi connectivity index (χ0v) is 17.4. The van der Waals surface area contributed by atoms with Crippen LogP contribution in [0.25, 0.3) is 0 Å². The van der Waals surface area contributed by atoms with E-state index in [0.29, 0.717) is 0 Å². The Kier molecular flexibility index (Phi) is 8.14. The fourth-order valence-corrected chi connectivity index (χ4v) is 3.54. The predicted molar refractivity (Wildman–Crippen MR) is 104 cm³/mol. The Labute approximate surface area is 191 Å². The van der Waals surface area contributed by atoms with Gasteiger partial charge in [-0.05, 0) is 0 Å². The highest BCUT2D eigenvalue weighted by atomic mass is 16.7. The molecular weight excluding hydrogens is 468 g/mol. The summed E-state index contributed by atoms with van der Waals surface area (Å²) in [5, 5.41) is 98.0. The highest BCUT2D eigenvalue weighted by molar-refractivity contribution is 5.94. The van der Waals surface area contributed by atoms with Crippen molar-refractivity contribution in [1.82, 2.24) is 0 Å². The molecule has 2 aliphatic heterocycles. The van der Waals surface area contributed by atoms with Gasteiger partial charge < -0.3 is 70.0 Å². The zero-order valence-electron chi connectivity index (χ0n) is 17.4. The molecule has 0 unspecified atom stereocenters. The van der Waals surface area contributed by atoms with Crippen molar-refractivity contribution >= 4 is 5.97 Å². The number of hydrogen-bond acceptors (Lipinski definition) is 14. The standard InChI is InChI=1S/C19H26O15/c20-3-8-11(23)13(25)15(27)18(33-8)31-5-1-6(22)10(17(29)30)7(2-5)32-19-16(28)14(26)12(24)9(4-21)34-19/h1-2,8-9,11-16,18-28H,3-4H2,(H,29,30)/t8-,9-,11-,12-,13+,14+,15-,16-,18-,19-/m1/s1. The molecule has 10 atom stereocenters. The lowest BCUT2D eigenvalue weighted by molar-refractivity contribution is -0.278. The number of rotatable bonds is 7. The number of benzene rings is 1. The van der Waals surface area contributed by atoms with Gasteiger partial charge in [-0.1, -0.05) is 0 Å². The van der Waals surface area contributed by atoms with Gasteiger partial charge in [0.25, 0.3) is 0 Å². The minimum atomic E-state index is -1.89. The van der Waals surface area contributed by atoms with E-state index in [4.69, 9.17) is 18.9 Å². The van der Waals surface area contributed by atoms with Crippen LogP contribution in [0.3, 0.4) is 0 Å². The summed E-state index contributed by atoms with van der Waals surface area (Å²) in [7, 11) is 0. The molecule has 1 aromatic rings. The van der Waals surface area contributed by atoms with E-state index in [0.717, 1.165) is 12.1 Å². The summed E-state index contributed by atoms with van der Waals surface area (Å²) >= 11 is 0. The molecule has 15 nitrogen and oxygen atoms in total. The topological polar surface area (TPSA) is 256 Å². The third-order valence-corrected chi connectivity index (χ3v) is 5.46. The minimum Gasteiger partial charge on any atom is -0.507 e. The van der Waals surface area contributed by atoms with E-state index in [9.17, 15) is 55.9 Å². The van der Waals surface area contributed by atoms with Crippen molar-refractivity contribution in [2.75, 3.05) is 13.2 Å². The number of carboxylic acids is 1. The van der Waals surface area contributed by atoms with Gasteiger partial charge in [-0.25, -0.2) is 4.79 Å². The molecule has 10 N–H and O–H groups in total. The maximum atomic E-state index is 11.7. The lowest BCUT2D eigenvalue weighted by Gasteiger charge is -2.40. The van der Waals surface area contributed by atoms with Crippen LogP contribution in [0.4, 0.5) is 0 Å². The first-order chi connectivity index (χ1) is 16.0. The molecule has 2 fully saturated rings. The summed E-state index contributed by atoms with van der Waals surface area (Å²) in [5.41, 5.74) is -0.807. The minimum absolute atomic E-state index is 0.369. The van der Waals surface area contributed by atoms with Crippen molar-refractivity contribution in [2.24, 2.45) is 0 Å². The second-order valence-electron chi connectivity index (χ2n) is 7.75. The Hall–Kier alpha value is -2.31. The molecule has 2 saturated heterocycles. The second kappa shape index (κ2) is 10.5. The van der Waals surface area contributed by atoms with Gasteiger partial charge in [0.2, 0.25) is 12.6 Å². The number of aromatic carboxylic acids is 1. The number of aromatic hydroxyl groups is 1. The Bertz CT molecular complexity index is 860. The molecule has 0 saturated carbocycles. The summed E-state index contributed by atoms with van der Waals surface area (Å²) in [6.45, 7) is -1.51. The third-order valence-electron chi connectivity index (χ3n) is 5.46. The molecule has 0 aliphatic carbocycles. The molecular formula is C19H26O15. The number of carbonyl (C=O) groups is 1. The second-order valence-corrected chi connectivity index (χ2v) is 7.75. The first-order valence-corrected chi connectivity index (χ1v) is 10.0. The van der Waals surface area contributed by atoms with Crippen LogP contribution in [0.2, 0.25) is 0 Å². The lowest BCUT2D eigenvalue weighted by atomic mass is 9.99. The summed E-state index contributed by atoms with van der Waals surface area (Å²) in [5.74, 6) is -3.58. The lowest BCUT2D eigenvalue weighted by Crippen LogP contribution is -2.60. The quantitative estimate of drug-likeness (QED) is 0.171. The van der Waals surface area contributed by atoms with Crippen molar-refractivity contribution in [3.8, 4) is 17.2 Å². The molecule has 34 heavy (non-hydrogen) atoms. The van der Waals surface area contributed by atoms with Gasteiger partial charge >= 0.3 is 5.97 Å². The Morgan fingerprint density at radius 1 is 0.765 bits per heavy atom. The zero-order chi connectivity index (χ0) is 25.3. The van der Waals surface area contributed by atoms with Crippen molar-refractivity contribution in [3.63, 3.8) is 0 Å². The average molecular weight is 494 g/mol.